The molecular weight excluding hydrogens is 376 g/mol. The summed E-state index contributed by atoms with van der Waals surface area (Å²) in [6.07, 6.45) is 6.49. The van der Waals surface area contributed by atoms with Gasteiger partial charge in [-0.2, -0.15) is 5.26 Å². The van der Waals surface area contributed by atoms with Crippen LogP contribution in [0.4, 0.5) is 0 Å². The number of halogens is 1. The molecule has 1 atom stereocenters. The Morgan fingerprint density at radius 1 is 1.52 bits per heavy atom. The fraction of sp³-hybridized carbons (Fsp3) is 0.588. The van der Waals surface area contributed by atoms with Gasteiger partial charge in [0, 0.05) is 16.8 Å². The first-order chi connectivity index (χ1) is 11.1. The molecule has 1 aromatic heterocycles. The number of hydrogen-bond donors (Lipinski definition) is 0. The Hall–Kier alpha value is -1.06. The van der Waals surface area contributed by atoms with E-state index in [1.54, 1.807) is 6.20 Å². The van der Waals surface area contributed by atoms with Gasteiger partial charge in [0.15, 0.2) is 5.69 Å². The summed E-state index contributed by atoms with van der Waals surface area (Å²) in [6, 6.07) is 3.86. The molecule has 0 aliphatic heterocycles. The smallest absolute Gasteiger partial charge is 0.306 e. The van der Waals surface area contributed by atoms with Crippen molar-refractivity contribution in [3.8, 4) is 6.07 Å². The highest BCUT2D eigenvalue weighted by atomic mass is 79.9. The molecule has 23 heavy (non-hydrogen) atoms. The lowest BCUT2D eigenvalue weighted by atomic mass is 10.0. The number of nitriles is 1. The molecule has 0 spiro atoms. The van der Waals surface area contributed by atoms with E-state index >= 15 is 0 Å². The largest absolute Gasteiger partial charge is 0.465 e. The van der Waals surface area contributed by atoms with Crippen LogP contribution in [-0.2, 0) is 9.53 Å². The minimum Gasteiger partial charge on any atom is -0.465 e. The van der Waals surface area contributed by atoms with Gasteiger partial charge in [-0.1, -0.05) is 33.1 Å². The van der Waals surface area contributed by atoms with E-state index in [0.717, 1.165) is 17.7 Å². The van der Waals surface area contributed by atoms with Gasteiger partial charge in [-0.25, -0.2) is 4.98 Å². The number of ether oxygens (including phenoxy) is 1. The van der Waals surface area contributed by atoms with E-state index in [1.807, 2.05) is 12.1 Å². The van der Waals surface area contributed by atoms with E-state index in [0.29, 0.717) is 34.9 Å². The Labute approximate surface area is 151 Å². The van der Waals surface area contributed by atoms with Crippen LogP contribution in [0.2, 0.25) is 0 Å². The van der Waals surface area contributed by atoms with E-state index in [2.05, 4.69) is 34.8 Å². The molecule has 0 saturated heterocycles. The van der Waals surface area contributed by atoms with Crippen molar-refractivity contribution in [2.75, 3.05) is 12.4 Å². The van der Waals surface area contributed by atoms with Crippen molar-refractivity contribution in [1.82, 2.24) is 4.98 Å². The van der Waals surface area contributed by atoms with Crippen LogP contribution in [0, 0.1) is 17.2 Å². The zero-order valence-corrected chi connectivity index (χ0v) is 16.1. The second kappa shape index (κ2) is 11.5. The van der Waals surface area contributed by atoms with Crippen molar-refractivity contribution < 1.29 is 9.53 Å². The minimum atomic E-state index is -0.155. The first-order valence-electron chi connectivity index (χ1n) is 7.95. The predicted molar refractivity (Wildman–Crippen MR) is 96.3 cm³/mol. The molecule has 1 heterocycles. The third-order valence-electron chi connectivity index (χ3n) is 3.55. The summed E-state index contributed by atoms with van der Waals surface area (Å²) in [5, 5.41) is 8.94. The molecule has 6 heteroatoms. The fourth-order valence-corrected chi connectivity index (χ4v) is 3.58. The van der Waals surface area contributed by atoms with Gasteiger partial charge >= 0.3 is 5.97 Å². The number of esters is 1. The van der Waals surface area contributed by atoms with Crippen LogP contribution in [0.5, 0.6) is 0 Å². The molecule has 0 N–H and O–H groups in total. The number of nitrogens with zero attached hydrogens (tertiary/aromatic N) is 2. The molecule has 0 unspecified atom stereocenters. The van der Waals surface area contributed by atoms with Gasteiger partial charge < -0.3 is 4.74 Å². The lowest BCUT2D eigenvalue weighted by Gasteiger charge is -2.14. The summed E-state index contributed by atoms with van der Waals surface area (Å²) in [5.74, 6) is 0.940. The van der Waals surface area contributed by atoms with Crippen LogP contribution in [0.15, 0.2) is 21.6 Å². The van der Waals surface area contributed by atoms with E-state index in [9.17, 15) is 4.79 Å². The number of pyridine rings is 1. The molecule has 4 nitrogen and oxygen atoms in total. The average molecular weight is 399 g/mol. The van der Waals surface area contributed by atoms with Crippen LogP contribution < -0.4 is 0 Å². The monoisotopic (exact) mass is 398 g/mol. The lowest BCUT2D eigenvalue weighted by Crippen LogP contribution is -2.14. The topological polar surface area (TPSA) is 63.0 Å². The Kier molecular flexibility index (Phi) is 9.97. The standard InChI is InChI=1S/C17H23BrN2O2S/c1-3-5-6-13(4-2)12-22-16(21)8-10-23-15-7-9-20-14(11-19)17(15)18/h7,9,13H,3-6,8,10,12H2,1-2H3/t13-/m0/s1. The molecule has 0 bridgehead atoms. The minimum absolute atomic E-state index is 0.155. The van der Waals surface area contributed by atoms with Gasteiger partial charge in [0.2, 0.25) is 0 Å². The number of aromatic nitrogens is 1. The SMILES string of the molecule is CCCC[C@H](CC)COC(=O)CCSc1ccnc(C#N)c1Br. The van der Waals surface area contributed by atoms with Gasteiger partial charge in [-0.3, -0.25) is 4.79 Å². The zero-order chi connectivity index (χ0) is 17.1. The second-order valence-electron chi connectivity index (χ2n) is 5.28. The van der Waals surface area contributed by atoms with E-state index in [-0.39, 0.29) is 5.97 Å². The molecular formula is C17H23BrN2O2S. The van der Waals surface area contributed by atoms with Crippen molar-refractivity contribution >= 4 is 33.7 Å². The van der Waals surface area contributed by atoms with Crippen molar-refractivity contribution in [1.29, 1.82) is 5.26 Å². The third kappa shape index (κ3) is 7.36. The van der Waals surface area contributed by atoms with Crippen LogP contribution in [0.3, 0.4) is 0 Å². The van der Waals surface area contributed by atoms with E-state index in [1.165, 1.54) is 24.6 Å². The van der Waals surface area contributed by atoms with Crippen LogP contribution >= 0.6 is 27.7 Å². The summed E-state index contributed by atoms with van der Waals surface area (Å²) in [4.78, 5) is 16.7. The summed E-state index contributed by atoms with van der Waals surface area (Å²) in [7, 11) is 0. The number of thioether (sulfide) groups is 1. The van der Waals surface area contributed by atoms with Gasteiger partial charge in [0.25, 0.3) is 0 Å². The first-order valence-corrected chi connectivity index (χ1v) is 9.73. The maximum Gasteiger partial charge on any atom is 0.306 e. The molecule has 0 fully saturated rings. The summed E-state index contributed by atoms with van der Waals surface area (Å²) in [5.41, 5.74) is 0.360. The van der Waals surface area contributed by atoms with E-state index < -0.39 is 0 Å². The molecule has 0 aliphatic carbocycles. The number of carbonyl (C=O) groups excluding carboxylic acids is 1. The van der Waals surface area contributed by atoms with Crippen molar-refractivity contribution in [3.63, 3.8) is 0 Å². The molecule has 0 amide bonds. The summed E-state index contributed by atoms with van der Waals surface area (Å²) >= 11 is 4.89. The number of hydrogen-bond acceptors (Lipinski definition) is 5. The van der Waals surface area contributed by atoms with Gasteiger partial charge in [0.1, 0.15) is 6.07 Å². The van der Waals surface area contributed by atoms with Crippen molar-refractivity contribution in [2.24, 2.45) is 5.92 Å². The molecule has 126 valence electrons. The highest BCUT2D eigenvalue weighted by Crippen LogP contribution is 2.29. The highest BCUT2D eigenvalue weighted by molar-refractivity contribution is 9.10. The quantitative estimate of drug-likeness (QED) is 0.411. The summed E-state index contributed by atoms with van der Waals surface area (Å²) < 4.78 is 6.06. The molecule has 1 aromatic rings. The van der Waals surface area contributed by atoms with Gasteiger partial charge in [0.05, 0.1) is 17.5 Å². The summed E-state index contributed by atoms with van der Waals surface area (Å²) in [6.45, 7) is 4.83. The predicted octanol–water partition coefficient (Wildman–Crippen LogP) is 4.96. The van der Waals surface area contributed by atoms with Crippen LogP contribution in [-0.4, -0.2) is 23.3 Å². The Morgan fingerprint density at radius 3 is 2.96 bits per heavy atom. The number of unbranched alkanes of at least 4 members (excludes halogenated alkanes) is 1. The van der Waals surface area contributed by atoms with Crippen molar-refractivity contribution in [3.05, 3.63) is 22.4 Å². The normalized spacial score (nSPS) is 11.7. The number of rotatable bonds is 10. The molecule has 0 radical (unpaired) electrons. The van der Waals surface area contributed by atoms with Crippen LogP contribution in [0.25, 0.3) is 0 Å². The Bertz CT molecular complexity index is 546. The lowest BCUT2D eigenvalue weighted by molar-refractivity contribution is -0.144. The van der Waals surface area contributed by atoms with Gasteiger partial charge in [-0.05, 0) is 34.3 Å². The first kappa shape index (κ1) is 20.0. The average Bonchev–Trinajstić information content (AvgIpc) is 2.56. The second-order valence-corrected chi connectivity index (χ2v) is 7.21. The number of carbonyl (C=O) groups is 1. The fourth-order valence-electron chi connectivity index (χ4n) is 2.04. The maximum absolute atomic E-state index is 11.8. The maximum atomic E-state index is 11.8. The molecule has 1 rings (SSSR count). The Morgan fingerprint density at radius 2 is 2.30 bits per heavy atom. The molecule has 0 aliphatic rings. The Balaban J connectivity index is 2.33. The van der Waals surface area contributed by atoms with Gasteiger partial charge in [-0.15, -0.1) is 11.8 Å². The molecule has 0 aromatic carbocycles. The van der Waals surface area contributed by atoms with E-state index in [4.69, 9.17) is 10.00 Å². The zero-order valence-electron chi connectivity index (χ0n) is 13.7. The highest BCUT2D eigenvalue weighted by Gasteiger charge is 2.11. The van der Waals surface area contributed by atoms with Crippen molar-refractivity contribution in [2.45, 2.75) is 50.8 Å². The third-order valence-corrected chi connectivity index (χ3v) is 5.67. The molecule has 0 saturated carbocycles. The van der Waals surface area contributed by atoms with Crippen LogP contribution in [0.1, 0.15) is 51.6 Å².